The number of aryl methyl sites for hydroxylation is 2. The van der Waals surface area contributed by atoms with Gasteiger partial charge in [-0.2, -0.15) is 4.98 Å². The molecule has 2 aliphatic rings. The van der Waals surface area contributed by atoms with E-state index in [2.05, 4.69) is 20.2 Å². The Bertz CT molecular complexity index is 941. The van der Waals surface area contributed by atoms with Crippen molar-refractivity contribution in [1.29, 1.82) is 0 Å². The number of aromatic nitrogens is 2. The highest BCUT2D eigenvalue weighted by Crippen LogP contribution is 2.25. The van der Waals surface area contributed by atoms with E-state index in [9.17, 15) is 9.59 Å². The Labute approximate surface area is 182 Å². The van der Waals surface area contributed by atoms with Crippen LogP contribution >= 0.6 is 0 Å². The summed E-state index contributed by atoms with van der Waals surface area (Å²) in [5, 5.41) is 2.88. The summed E-state index contributed by atoms with van der Waals surface area (Å²) in [6, 6.07) is 9.63. The smallest absolute Gasteiger partial charge is 0.227 e. The molecule has 2 aliphatic heterocycles. The molecule has 0 radical (unpaired) electrons. The number of nitrogens with one attached hydrogen (secondary N) is 1. The second-order valence-corrected chi connectivity index (χ2v) is 8.19. The molecule has 2 amide bonds. The number of carbonyl (C=O) groups is 2. The van der Waals surface area contributed by atoms with Crippen molar-refractivity contribution in [3.05, 3.63) is 41.7 Å². The zero-order valence-corrected chi connectivity index (χ0v) is 18.1. The molecule has 8 heteroatoms. The number of rotatable bonds is 7. The van der Waals surface area contributed by atoms with Crippen molar-refractivity contribution in [2.45, 2.75) is 33.1 Å². The average molecular weight is 424 g/mol. The van der Waals surface area contributed by atoms with Gasteiger partial charge in [0.25, 0.3) is 0 Å². The molecule has 0 aliphatic carbocycles. The molecule has 2 saturated heterocycles. The van der Waals surface area contributed by atoms with Crippen LogP contribution in [0.5, 0.6) is 5.88 Å². The van der Waals surface area contributed by atoms with E-state index in [0.29, 0.717) is 31.4 Å². The van der Waals surface area contributed by atoms with Crippen molar-refractivity contribution in [1.82, 2.24) is 15.3 Å². The molecule has 4 rings (SSSR count). The molecule has 2 aromatic rings. The van der Waals surface area contributed by atoms with Gasteiger partial charge in [0, 0.05) is 37.8 Å². The fraction of sp³-hybridized carbons (Fsp3) is 0.478. The van der Waals surface area contributed by atoms with E-state index in [-0.39, 0.29) is 24.2 Å². The number of anilines is 2. The third kappa shape index (κ3) is 5.13. The van der Waals surface area contributed by atoms with Gasteiger partial charge in [0.1, 0.15) is 18.2 Å². The van der Waals surface area contributed by atoms with Crippen LogP contribution in [0.1, 0.15) is 30.7 Å². The Morgan fingerprint density at radius 1 is 1.16 bits per heavy atom. The first-order valence-corrected chi connectivity index (χ1v) is 10.9. The molecule has 1 atom stereocenters. The lowest BCUT2D eigenvalue weighted by Gasteiger charge is -2.18. The lowest BCUT2D eigenvalue weighted by atomic mass is 10.1. The summed E-state index contributed by atoms with van der Waals surface area (Å²) in [5.41, 5.74) is 1.97. The monoisotopic (exact) mass is 423 g/mol. The lowest BCUT2D eigenvalue weighted by molar-refractivity contribution is -0.126. The SMILES string of the molecule is Cc1ccc(N2CC(C(=O)NCCOc3cc(N4CCCC4)nc(C)n3)CC2=O)cc1. The fourth-order valence-electron chi connectivity index (χ4n) is 4.04. The second kappa shape index (κ2) is 9.32. The van der Waals surface area contributed by atoms with Gasteiger partial charge in [-0.1, -0.05) is 17.7 Å². The summed E-state index contributed by atoms with van der Waals surface area (Å²) < 4.78 is 5.75. The molecule has 1 aromatic carbocycles. The Balaban J connectivity index is 1.25. The summed E-state index contributed by atoms with van der Waals surface area (Å²) in [6.07, 6.45) is 2.58. The number of carbonyl (C=O) groups excluding carboxylic acids is 2. The number of benzene rings is 1. The molecule has 1 aromatic heterocycles. The molecule has 3 heterocycles. The minimum Gasteiger partial charge on any atom is -0.476 e. The highest BCUT2D eigenvalue weighted by molar-refractivity contribution is 6.00. The Morgan fingerprint density at radius 2 is 1.90 bits per heavy atom. The normalized spacial score (nSPS) is 18.5. The molecule has 31 heavy (non-hydrogen) atoms. The van der Waals surface area contributed by atoms with Crippen LogP contribution in [0.25, 0.3) is 0 Å². The van der Waals surface area contributed by atoms with Crippen LogP contribution in [0.3, 0.4) is 0 Å². The zero-order chi connectivity index (χ0) is 21.8. The summed E-state index contributed by atoms with van der Waals surface area (Å²) in [4.78, 5) is 37.7. The van der Waals surface area contributed by atoms with Crippen LogP contribution < -0.4 is 19.9 Å². The molecular formula is C23H29N5O3. The van der Waals surface area contributed by atoms with Gasteiger partial charge >= 0.3 is 0 Å². The Kier molecular flexibility index (Phi) is 6.34. The third-order valence-electron chi connectivity index (χ3n) is 5.72. The van der Waals surface area contributed by atoms with Gasteiger partial charge in [-0.15, -0.1) is 0 Å². The van der Waals surface area contributed by atoms with E-state index in [1.807, 2.05) is 44.2 Å². The van der Waals surface area contributed by atoms with Gasteiger partial charge in [0.2, 0.25) is 17.7 Å². The lowest BCUT2D eigenvalue weighted by Crippen LogP contribution is -2.35. The Morgan fingerprint density at radius 3 is 2.65 bits per heavy atom. The van der Waals surface area contributed by atoms with Gasteiger partial charge < -0.3 is 19.9 Å². The average Bonchev–Trinajstić information content (AvgIpc) is 3.41. The molecule has 1 N–H and O–H groups in total. The van der Waals surface area contributed by atoms with Crippen molar-refractivity contribution < 1.29 is 14.3 Å². The Hall–Kier alpha value is -3.16. The van der Waals surface area contributed by atoms with Crippen molar-refractivity contribution >= 4 is 23.3 Å². The van der Waals surface area contributed by atoms with E-state index in [1.54, 1.807) is 4.90 Å². The molecule has 0 bridgehead atoms. The minimum atomic E-state index is -0.350. The number of hydrogen-bond acceptors (Lipinski definition) is 6. The highest BCUT2D eigenvalue weighted by atomic mass is 16.5. The standard InChI is InChI=1S/C23H29N5O3/c1-16-5-7-19(8-6-16)28-15-18(13-22(28)29)23(30)24-9-12-31-21-14-20(25-17(2)26-21)27-10-3-4-11-27/h5-8,14,18H,3-4,9-13,15H2,1-2H3,(H,24,30). The van der Waals surface area contributed by atoms with E-state index >= 15 is 0 Å². The highest BCUT2D eigenvalue weighted by Gasteiger charge is 2.34. The maximum atomic E-state index is 12.5. The van der Waals surface area contributed by atoms with Crippen molar-refractivity contribution in [3.63, 3.8) is 0 Å². The third-order valence-corrected chi connectivity index (χ3v) is 5.72. The van der Waals surface area contributed by atoms with Crippen LogP contribution in [-0.4, -0.2) is 54.6 Å². The number of nitrogens with zero attached hydrogens (tertiary/aromatic N) is 4. The summed E-state index contributed by atoms with van der Waals surface area (Å²) in [5.74, 6) is 1.59. The first-order valence-electron chi connectivity index (χ1n) is 10.9. The summed E-state index contributed by atoms with van der Waals surface area (Å²) >= 11 is 0. The van der Waals surface area contributed by atoms with Crippen molar-refractivity contribution in [3.8, 4) is 5.88 Å². The van der Waals surface area contributed by atoms with Crippen molar-refractivity contribution in [2.75, 3.05) is 42.6 Å². The molecular weight excluding hydrogens is 394 g/mol. The van der Waals surface area contributed by atoms with Crippen LogP contribution in [-0.2, 0) is 9.59 Å². The fourth-order valence-corrected chi connectivity index (χ4v) is 4.04. The molecule has 2 fully saturated rings. The maximum Gasteiger partial charge on any atom is 0.227 e. The zero-order valence-electron chi connectivity index (χ0n) is 18.1. The van der Waals surface area contributed by atoms with Crippen molar-refractivity contribution in [2.24, 2.45) is 5.92 Å². The predicted molar refractivity (Wildman–Crippen MR) is 118 cm³/mol. The largest absolute Gasteiger partial charge is 0.476 e. The minimum absolute atomic E-state index is 0.0221. The molecule has 0 saturated carbocycles. The summed E-state index contributed by atoms with van der Waals surface area (Å²) in [6.45, 7) is 6.94. The van der Waals surface area contributed by atoms with Crippen LogP contribution in [0, 0.1) is 19.8 Å². The second-order valence-electron chi connectivity index (χ2n) is 8.19. The van der Waals surface area contributed by atoms with Gasteiger partial charge in [-0.3, -0.25) is 9.59 Å². The van der Waals surface area contributed by atoms with Gasteiger partial charge in [-0.25, -0.2) is 4.98 Å². The van der Waals surface area contributed by atoms with E-state index in [0.717, 1.165) is 30.2 Å². The van der Waals surface area contributed by atoms with E-state index in [4.69, 9.17) is 4.74 Å². The van der Waals surface area contributed by atoms with E-state index in [1.165, 1.54) is 12.8 Å². The van der Waals surface area contributed by atoms with E-state index < -0.39 is 0 Å². The van der Waals surface area contributed by atoms with Crippen LogP contribution in [0.4, 0.5) is 11.5 Å². The molecule has 1 unspecified atom stereocenters. The molecule has 8 nitrogen and oxygen atoms in total. The van der Waals surface area contributed by atoms with Crippen LogP contribution in [0.2, 0.25) is 0 Å². The first-order chi connectivity index (χ1) is 15.0. The molecule has 164 valence electrons. The number of amides is 2. The van der Waals surface area contributed by atoms with Gasteiger partial charge in [0.05, 0.1) is 12.5 Å². The quantitative estimate of drug-likeness (QED) is 0.688. The topological polar surface area (TPSA) is 87.7 Å². The van der Waals surface area contributed by atoms with Crippen LogP contribution in [0.15, 0.2) is 30.3 Å². The first kappa shape index (κ1) is 21.1. The summed E-state index contributed by atoms with van der Waals surface area (Å²) in [7, 11) is 0. The maximum absolute atomic E-state index is 12.5. The number of hydrogen-bond donors (Lipinski definition) is 1. The predicted octanol–water partition coefficient (Wildman–Crippen LogP) is 2.24. The molecule has 0 spiro atoms. The van der Waals surface area contributed by atoms with Gasteiger partial charge in [-0.05, 0) is 38.8 Å². The number of ether oxygens (including phenoxy) is 1. The van der Waals surface area contributed by atoms with Gasteiger partial charge in [0.15, 0.2) is 0 Å².